The topological polar surface area (TPSA) is 111 Å². The van der Waals surface area contributed by atoms with Gasteiger partial charge in [-0.2, -0.15) is 0 Å². The van der Waals surface area contributed by atoms with E-state index in [4.69, 9.17) is 9.47 Å². The molecule has 0 spiro atoms. The van der Waals surface area contributed by atoms with Crippen LogP contribution in [0, 0.1) is 0 Å². The number of carbonyl (C=O) groups excluding carboxylic acids is 4. The van der Waals surface area contributed by atoms with Gasteiger partial charge in [0.1, 0.15) is 0 Å². The molecular formula is C30H32N2O6. The number of rotatable bonds is 12. The van der Waals surface area contributed by atoms with E-state index in [-0.39, 0.29) is 11.8 Å². The average molecular weight is 517 g/mol. The van der Waals surface area contributed by atoms with E-state index in [1.807, 2.05) is 13.8 Å². The summed E-state index contributed by atoms with van der Waals surface area (Å²) in [6, 6.07) is 19.2. The molecule has 0 heterocycles. The molecule has 2 amide bonds. The Labute approximate surface area is 222 Å². The fourth-order valence-corrected chi connectivity index (χ4v) is 3.38. The van der Waals surface area contributed by atoms with Crippen LogP contribution in [0.3, 0.4) is 0 Å². The van der Waals surface area contributed by atoms with E-state index in [2.05, 4.69) is 10.6 Å². The third-order valence-electron chi connectivity index (χ3n) is 5.61. The normalized spacial score (nSPS) is 10.4. The molecule has 198 valence electrons. The first kappa shape index (κ1) is 28.1. The monoisotopic (exact) mass is 516 g/mol. The van der Waals surface area contributed by atoms with Crippen LogP contribution in [0.1, 0.15) is 81.0 Å². The Kier molecular flexibility index (Phi) is 10.6. The number of hydrogen-bond acceptors (Lipinski definition) is 6. The smallest absolute Gasteiger partial charge is 0.338 e. The first-order valence-electron chi connectivity index (χ1n) is 12.7. The highest BCUT2D eigenvalue weighted by Crippen LogP contribution is 2.18. The van der Waals surface area contributed by atoms with Crippen LogP contribution in [0.25, 0.3) is 0 Å². The van der Waals surface area contributed by atoms with Crippen molar-refractivity contribution in [3.63, 3.8) is 0 Å². The van der Waals surface area contributed by atoms with E-state index in [1.165, 1.54) is 0 Å². The molecule has 0 atom stereocenters. The third-order valence-corrected chi connectivity index (χ3v) is 5.61. The zero-order chi connectivity index (χ0) is 27.3. The largest absolute Gasteiger partial charge is 0.462 e. The van der Waals surface area contributed by atoms with E-state index >= 15 is 0 Å². The maximum Gasteiger partial charge on any atom is 0.338 e. The van der Waals surface area contributed by atoms with Gasteiger partial charge in [-0.15, -0.1) is 0 Å². The first-order chi connectivity index (χ1) is 18.4. The number of benzene rings is 3. The molecule has 0 aliphatic heterocycles. The quantitative estimate of drug-likeness (QED) is 0.222. The van der Waals surface area contributed by atoms with E-state index in [0.717, 1.165) is 25.7 Å². The molecule has 38 heavy (non-hydrogen) atoms. The van der Waals surface area contributed by atoms with Crippen molar-refractivity contribution in [2.24, 2.45) is 0 Å². The Hall–Kier alpha value is -4.46. The summed E-state index contributed by atoms with van der Waals surface area (Å²) in [6.45, 7) is 4.76. The highest BCUT2D eigenvalue weighted by Gasteiger charge is 2.13. The predicted molar refractivity (Wildman–Crippen MR) is 146 cm³/mol. The summed E-state index contributed by atoms with van der Waals surface area (Å²) in [5, 5.41) is 5.57. The zero-order valence-electron chi connectivity index (χ0n) is 21.6. The van der Waals surface area contributed by atoms with Crippen molar-refractivity contribution in [1.29, 1.82) is 0 Å². The molecule has 8 nitrogen and oxygen atoms in total. The molecule has 3 rings (SSSR count). The van der Waals surface area contributed by atoms with Gasteiger partial charge in [0.05, 0.1) is 24.3 Å². The standard InChI is InChI=1S/C30H32N2O6/c1-3-5-18-37-29(35)23-14-10-21(11-15-23)27(33)31-25-8-7-9-26(20-25)32-28(34)22-12-16-24(17-13-22)30(36)38-19-6-4-2/h7-17,20H,3-6,18-19H2,1-2H3,(H,31,33)(H,32,34). The second-order valence-corrected chi connectivity index (χ2v) is 8.62. The van der Waals surface area contributed by atoms with Gasteiger partial charge in [-0.1, -0.05) is 32.8 Å². The van der Waals surface area contributed by atoms with Crippen molar-refractivity contribution in [2.75, 3.05) is 23.8 Å². The second-order valence-electron chi connectivity index (χ2n) is 8.62. The molecule has 3 aromatic carbocycles. The molecule has 8 heteroatoms. The first-order valence-corrected chi connectivity index (χ1v) is 12.7. The average Bonchev–Trinajstić information content (AvgIpc) is 2.93. The maximum atomic E-state index is 12.7. The fraction of sp³-hybridized carbons (Fsp3) is 0.267. The summed E-state index contributed by atoms with van der Waals surface area (Å²) in [4.78, 5) is 49.4. The number of hydrogen-bond donors (Lipinski definition) is 2. The summed E-state index contributed by atoms with van der Waals surface area (Å²) >= 11 is 0. The van der Waals surface area contributed by atoms with Crippen LogP contribution in [0.5, 0.6) is 0 Å². The van der Waals surface area contributed by atoms with Crippen LogP contribution in [-0.2, 0) is 9.47 Å². The van der Waals surface area contributed by atoms with Crippen LogP contribution in [0.4, 0.5) is 11.4 Å². The van der Waals surface area contributed by atoms with Gasteiger partial charge < -0.3 is 20.1 Å². The number of amides is 2. The molecular weight excluding hydrogens is 484 g/mol. The van der Waals surface area contributed by atoms with Gasteiger partial charge >= 0.3 is 11.9 Å². The zero-order valence-corrected chi connectivity index (χ0v) is 21.6. The molecule has 0 aromatic heterocycles. The number of carbonyl (C=O) groups is 4. The Morgan fingerprint density at radius 3 is 1.32 bits per heavy atom. The summed E-state index contributed by atoms with van der Waals surface area (Å²) in [5.41, 5.74) is 2.48. The number of unbranched alkanes of at least 4 members (excludes halogenated alkanes) is 2. The number of nitrogens with one attached hydrogen (secondary N) is 2. The minimum absolute atomic E-state index is 0.360. The SMILES string of the molecule is CCCCOC(=O)c1ccc(C(=O)Nc2cccc(NC(=O)c3ccc(C(=O)OCCCC)cc3)c2)cc1. The minimum Gasteiger partial charge on any atom is -0.462 e. The highest BCUT2D eigenvalue weighted by atomic mass is 16.5. The third kappa shape index (κ3) is 8.30. The van der Waals surface area contributed by atoms with Gasteiger partial charge in [0.15, 0.2) is 0 Å². The van der Waals surface area contributed by atoms with Gasteiger partial charge in [-0.25, -0.2) is 9.59 Å². The van der Waals surface area contributed by atoms with Gasteiger partial charge in [0, 0.05) is 22.5 Å². The van der Waals surface area contributed by atoms with Gasteiger partial charge in [0.25, 0.3) is 11.8 Å². The van der Waals surface area contributed by atoms with Crippen molar-refractivity contribution in [2.45, 2.75) is 39.5 Å². The Morgan fingerprint density at radius 1 is 0.579 bits per heavy atom. The molecule has 3 aromatic rings. The van der Waals surface area contributed by atoms with Gasteiger partial charge in [-0.3, -0.25) is 9.59 Å². The van der Waals surface area contributed by atoms with E-state index in [0.29, 0.717) is 46.8 Å². The summed E-state index contributed by atoms with van der Waals surface area (Å²) in [5.74, 6) is -1.56. The molecule has 0 radical (unpaired) electrons. The van der Waals surface area contributed by atoms with Crippen LogP contribution in [0.2, 0.25) is 0 Å². The van der Waals surface area contributed by atoms with Gasteiger partial charge in [0.2, 0.25) is 0 Å². The van der Waals surface area contributed by atoms with E-state index in [1.54, 1.807) is 72.8 Å². The number of esters is 2. The maximum absolute atomic E-state index is 12.7. The lowest BCUT2D eigenvalue weighted by atomic mass is 10.1. The molecule has 0 unspecified atom stereocenters. The Bertz CT molecular complexity index is 1160. The molecule has 0 aliphatic carbocycles. The van der Waals surface area contributed by atoms with Crippen molar-refractivity contribution in [3.05, 3.63) is 95.1 Å². The van der Waals surface area contributed by atoms with Crippen LogP contribution in [-0.4, -0.2) is 37.0 Å². The van der Waals surface area contributed by atoms with E-state index in [9.17, 15) is 19.2 Å². The van der Waals surface area contributed by atoms with Crippen LogP contribution in [0.15, 0.2) is 72.8 Å². The lowest BCUT2D eigenvalue weighted by molar-refractivity contribution is 0.0490. The lowest BCUT2D eigenvalue weighted by Gasteiger charge is -2.10. The molecule has 0 bridgehead atoms. The Balaban J connectivity index is 1.57. The molecule has 0 saturated heterocycles. The van der Waals surface area contributed by atoms with E-state index < -0.39 is 11.9 Å². The second kappa shape index (κ2) is 14.3. The van der Waals surface area contributed by atoms with Crippen molar-refractivity contribution >= 4 is 35.1 Å². The summed E-state index contributed by atoms with van der Waals surface area (Å²) < 4.78 is 10.4. The summed E-state index contributed by atoms with van der Waals surface area (Å²) in [7, 11) is 0. The van der Waals surface area contributed by atoms with Crippen molar-refractivity contribution in [1.82, 2.24) is 0 Å². The molecule has 0 aliphatic rings. The number of anilines is 2. The lowest BCUT2D eigenvalue weighted by Crippen LogP contribution is -2.14. The minimum atomic E-state index is -0.421. The van der Waals surface area contributed by atoms with Crippen molar-refractivity contribution < 1.29 is 28.7 Å². The fourth-order valence-electron chi connectivity index (χ4n) is 3.38. The molecule has 0 fully saturated rings. The highest BCUT2D eigenvalue weighted by molar-refractivity contribution is 6.07. The number of ether oxygens (including phenoxy) is 2. The predicted octanol–water partition coefficient (Wildman–Crippen LogP) is 6.11. The molecule has 0 saturated carbocycles. The van der Waals surface area contributed by atoms with Crippen molar-refractivity contribution in [3.8, 4) is 0 Å². The molecule has 2 N–H and O–H groups in total. The Morgan fingerprint density at radius 2 is 0.947 bits per heavy atom. The van der Waals surface area contributed by atoms with Crippen LogP contribution < -0.4 is 10.6 Å². The summed E-state index contributed by atoms with van der Waals surface area (Å²) in [6.07, 6.45) is 3.46. The van der Waals surface area contributed by atoms with Crippen LogP contribution >= 0.6 is 0 Å². The van der Waals surface area contributed by atoms with Gasteiger partial charge in [-0.05, 0) is 79.6 Å².